The largest absolute Gasteiger partial charge is 0.303 e. The summed E-state index contributed by atoms with van der Waals surface area (Å²) in [5, 5.41) is 0. The molecule has 208 valence electrons. The quantitative estimate of drug-likeness (QED) is 0.189. The highest BCUT2D eigenvalue weighted by molar-refractivity contribution is 5.38. The number of halogens is 1. The summed E-state index contributed by atoms with van der Waals surface area (Å²) in [5.41, 5.74) is 8.86. The summed E-state index contributed by atoms with van der Waals surface area (Å²) in [7, 11) is 0. The topological polar surface area (TPSA) is 3.24 Å². The molecule has 0 bridgehead atoms. The predicted molar refractivity (Wildman–Crippen MR) is 163 cm³/mol. The molecule has 0 radical (unpaired) electrons. The zero-order valence-corrected chi connectivity index (χ0v) is 24.1. The maximum absolute atomic E-state index is 13.2. The summed E-state index contributed by atoms with van der Waals surface area (Å²) in [4.78, 5) is 2.65. The molecule has 3 aromatic carbocycles. The first-order chi connectivity index (χ1) is 19.1. The number of hydrogen-bond donors (Lipinski definition) is 0. The molecule has 2 aliphatic rings. The van der Waals surface area contributed by atoms with Crippen LogP contribution in [-0.2, 0) is 25.7 Å². The van der Waals surface area contributed by atoms with E-state index >= 15 is 0 Å². The molecule has 1 atom stereocenters. The van der Waals surface area contributed by atoms with Crippen LogP contribution < -0.4 is 0 Å². The number of hydrogen-bond acceptors (Lipinski definition) is 1. The molecular weight excluding hydrogens is 477 g/mol. The Balaban J connectivity index is 1.12. The van der Waals surface area contributed by atoms with Crippen LogP contribution in [-0.4, -0.2) is 24.5 Å². The van der Waals surface area contributed by atoms with Crippen molar-refractivity contribution in [2.24, 2.45) is 0 Å². The number of piperidine rings is 1. The standard InChI is InChI=1S/C37H48FN/c1-29(27-32-14-12-31(13-15-32)10-8-26-39-24-6-3-7-25-39)37-23-20-34(33-18-19-33)28-35(37)11-5-2-4-9-30-16-21-36(38)22-17-30/h12-17,20-23,28-29,33H,2-11,18-19,24-27H2,1H3. The Bertz CT molecular complexity index is 1140. The normalized spacial score (nSPS) is 16.9. The molecule has 1 heterocycles. The van der Waals surface area contributed by atoms with Crippen molar-refractivity contribution in [3.63, 3.8) is 0 Å². The van der Waals surface area contributed by atoms with Crippen molar-refractivity contribution >= 4 is 0 Å². The van der Waals surface area contributed by atoms with E-state index in [4.69, 9.17) is 0 Å². The average Bonchev–Trinajstić information content (AvgIpc) is 3.81. The Kier molecular flexibility index (Phi) is 10.3. The summed E-state index contributed by atoms with van der Waals surface area (Å²) < 4.78 is 13.2. The molecule has 1 aliphatic carbocycles. The Labute approximate surface area is 236 Å². The zero-order valence-electron chi connectivity index (χ0n) is 24.1. The minimum absolute atomic E-state index is 0.143. The summed E-state index contributed by atoms with van der Waals surface area (Å²) in [6.45, 7) is 6.27. The number of nitrogens with zero attached hydrogens (tertiary/aromatic N) is 1. The van der Waals surface area contributed by atoms with Gasteiger partial charge in [-0.05, 0) is 148 Å². The Hall–Kier alpha value is -2.45. The van der Waals surface area contributed by atoms with Gasteiger partial charge in [0.25, 0.3) is 0 Å². The molecule has 1 unspecified atom stereocenters. The second-order valence-electron chi connectivity index (χ2n) is 12.3. The lowest BCUT2D eigenvalue weighted by atomic mass is 9.86. The molecule has 0 amide bonds. The van der Waals surface area contributed by atoms with Crippen LogP contribution in [0.4, 0.5) is 4.39 Å². The van der Waals surface area contributed by atoms with Crippen LogP contribution in [0.25, 0.3) is 0 Å². The predicted octanol–water partition coefficient (Wildman–Crippen LogP) is 9.42. The number of benzene rings is 3. The SMILES string of the molecule is CC(Cc1ccc(CCCN2CCCCC2)cc1)c1ccc(C2CC2)cc1CCCCCc1ccc(F)cc1. The molecule has 2 heteroatoms. The lowest BCUT2D eigenvalue weighted by Crippen LogP contribution is -2.30. The fraction of sp³-hybridized carbons (Fsp3) is 0.514. The number of unbranched alkanes of at least 4 members (excludes halogenated alkanes) is 2. The van der Waals surface area contributed by atoms with Gasteiger partial charge >= 0.3 is 0 Å². The second-order valence-corrected chi connectivity index (χ2v) is 12.3. The monoisotopic (exact) mass is 525 g/mol. The van der Waals surface area contributed by atoms with Crippen LogP contribution in [0, 0.1) is 5.82 Å². The molecule has 1 saturated carbocycles. The maximum atomic E-state index is 13.2. The van der Waals surface area contributed by atoms with Gasteiger partial charge in [-0.3, -0.25) is 0 Å². The van der Waals surface area contributed by atoms with Crippen LogP contribution >= 0.6 is 0 Å². The van der Waals surface area contributed by atoms with Gasteiger partial charge in [-0.15, -0.1) is 0 Å². The molecule has 1 saturated heterocycles. The number of rotatable bonds is 14. The van der Waals surface area contributed by atoms with Gasteiger partial charge in [0.05, 0.1) is 0 Å². The average molecular weight is 526 g/mol. The number of aryl methyl sites for hydroxylation is 3. The fourth-order valence-corrected chi connectivity index (χ4v) is 6.46. The lowest BCUT2D eigenvalue weighted by molar-refractivity contribution is 0.226. The molecule has 1 nitrogen and oxygen atoms in total. The Morgan fingerprint density at radius 3 is 2.08 bits per heavy atom. The van der Waals surface area contributed by atoms with E-state index in [0.29, 0.717) is 5.92 Å². The highest BCUT2D eigenvalue weighted by Crippen LogP contribution is 2.41. The van der Waals surface area contributed by atoms with Crippen molar-refractivity contribution in [2.75, 3.05) is 19.6 Å². The minimum Gasteiger partial charge on any atom is -0.303 e. The number of likely N-dealkylation sites (tertiary alicyclic amines) is 1. The highest BCUT2D eigenvalue weighted by atomic mass is 19.1. The van der Waals surface area contributed by atoms with Crippen molar-refractivity contribution in [1.82, 2.24) is 4.90 Å². The van der Waals surface area contributed by atoms with E-state index in [1.807, 2.05) is 12.1 Å². The second kappa shape index (κ2) is 14.3. The molecule has 2 fully saturated rings. The van der Waals surface area contributed by atoms with Crippen molar-refractivity contribution in [3.8, 4) is 0 Å². The molecule has 0 N–H and O–H groups in total. The Morgan fingerprint density at radius 2 is 1.36 bits per heavy atom. The third-order valence-corrected chi connectivity index (χ3v) is 9.02. The molecule has 0 spiro atoms. The van der Waals surface area contributed by atoms with Crippen LogP contribution in [0.2, 0.25) is 0 Å². The van der Waals surface area contributed by atoms with Gasteiger partial charge in [0.1, 0.15) is 5.82 Å². The first-order valence-electron chi connectivity index (χ1n) is 15.8. The van der Waals surface area contributed by atoms with Gasteiger partial charge in [-0.2, -0.15) is 0 Å². The third-order valence-electron chi connectivity index (χ3n) is 9.02. The van der Waals surface area contributed by atoms with Gasteiger partial charge in [-0.1, -0.05) is 74.4 Å². The smallest absolute Gasteiger partial charge is 0.123 e. The van der Waals surface area contributed by atoms with Crippen LogP contribution in [0.3, 0.4) is 0 Å². The highest BCUT2D eigenvalue weighted by Gasteiger charge is 2.24. The fourth-order valence-electron chi connectivity index (χ4n) is 6.46. The van der Waals surface area contributed by atoms with Crippen molar-refractivity contribution in [2.45, 2.75) is 102 Å². The maximum Gasteiger partial charge on any atom is 0.123 e. The summed E-state index contributed by atoms with van der Waals surface area (Å²) in [5.74, 6) is 1.18. The summed E-state index contributed by atoms with van der Waals surface area (Å²) >= 11 is 0. The molecule has 39 heavy (non-hydrogen) atoms. The van der Waals surface area contributed by atoms with E-state index in [1.54, 1.807) is 28.8 Å². The van der Waals surface area contributed by atoms with Crippen molar-refractivity contribution in [1.29, 1.82) is 0 Å². The van der Waals surface area contributed by atoms with E-state index in [9.17, 15) is 4.39 Å². The molecule has 1 aliphatic heterocycles. The van der Waals surface area contributed by atoms with E-state index in [0.717, 1.165) is 18.8 Å². The van der Waals surface area contributed by atoms with Gasteiger partial charge < -0.3 is 4.90 Å². The van der Waals surface area contributed by atoms with Gasteiger partial charge in [0, 0.05) is 0 Å². The van der Waals surface area contributed by atoms with Crippen LogP contribution in [0.15, 0.2) is 66.7 Å². The summed E-state index contributed by atoms with van der Waals surface area (Å²) in [6.07, 6.45) is 16.3. The first-order valence-corrected chi connectivity index (χ1v) is 15.8. The molecular formula is C37H48FN. The first kappa shape index (κ1) is 28.1. The van der Waals surface area contributed by atoms with Crippen LogP contribution in [0.5, 0.6) is 0 Å². The minimum atomic E-state index is -0.143. The zero-order chi connectivity index (χ0) is 26.9. The van der Waals surface area contributed by atoms with E-state index in [1.165, 1.54) is 107 Å². The Morgan fingerprint density at radius 1 is 0.718 bits per heavy atom. The van der Waals surface area contributed by atoms with Gasteiger partial charge in [0.15, 0.2) is 0 Å². The molecule has 0 aromatic heterocycles. The third kappa shape index (κ3) is 8.77. The van der Waals surface area contributed by atoms with E-state index in [2.05, 4.69) is 54.3 Å². The van der Waals surface area contributed by atoms with Crippen molar-refractivity contribution in [3.05, 3.63) is 106 Å². The van der Waals surface area contributed by atoms with Gasteiger partial charge in [0.2, 0.25) is 0 Å². The summed E-state index contributed by atoms with van der Waals surface area (Å²) in [6, 6.07) is 23.9. The van der Waals surface area contributed by atoms with Gasteiger partial charge in [-0.25, -0.2) is 4.39 Å². The molecule has 3 aromatic rings. The van der Waals surface area contributed by atoms with E-state index in [-0.39, 0.29) is 5.82 Å². The van der Waals surface area contributed by atoms with E-state index < -0.39 is 0 Å². The lowest BCUT2D eigenvalue weighted by Gasteiger charge is -2.26. The molecule has 5 rings (SSSR count). The van der Waals surface area contributed by atoms with Crippen molar-refractivity contribution < 1.29 is 4.39 Å². The van der Waals surface area contributed by atoms with Crippen LogP contribution in [0.1, 0.15) is 110 Å².